The second-order valence-corrected chi connectivity index (χ2v) is 5.32. The highest BCUT2D eigenvalue weighted by molar-refractivity contribution is 6.02. The maximum atomic E-state index is 13.1. The molecule has 0 spiro atoms. The van der Waals surface area contributed by atoms with Gasteiger partial charge >= 0.3 is 36.0 Å². The molecule has 0 radical (unpaired) electrons. The molecule has 2 amide bonds. The number of halogens is 10. The highest BCUT2D eigenvalue weighted by Crippen LogP contribution is 2.40. The van der Waals surface area contributed by atoms with Gasteiger partial charge in [0.25, 0.3) is 0 Å². The molecule has 3 nitrogen and oxygen atoms in total. The van der Waals surface area contributed by atoms with E-state index in [1.807, 2.05) is 0 Å². The summed E-state index contributed by atoms with van der Waals surface area (Å²) < 4.78 is 125. The van der Waals surface area contributed by atoms with E-state index < -0.39 is 53.9 Å². The molecule has 154 valence electrons. The number of unbranched alkanes of at least 4 members (excludes halogenated alkanes) is 4. The van der Waals surface area contributed by atoms with Gasteiger partial charge in [0.1, 0.15) is 0 Å². The van der Waals surface area contributed by atoms with Crippen molar-refractivity contribution < 1.29 is 53.5 Å². The fourth-order valence-corrected chi connectivity index (χ4v) is 1.75. The Morgan fingerprint density at radius 1 is 0.654 bits per heavy atom. The highest BCUT2D eigenvalue weighted by atomic mass is 19.4. The fourth-order valence-electron chi connectivity index (χ4n) is 1.75. The number of nitrogens with zero attached hydrogens (tertiary/aromatic N) is 1. The van der Waals surface area contributed by atoms with Crippen molar-refractivity contribution in [2.75, 3.05) is 6.54 Å². The summed E-state index contributed by atoms with van der Waals surface area (Å²) in [4.78, 5) is 21.2. The fraction of sp³-hybridized carbons (Fsp3) is 0.846. The Hall–Kier alpha value is -1.56. The first-order valence-electron chi connectivity index (χ1n) is 7.27. The highest BCUT2D eigenvalue weighted by Gasteiger charge is 2.70. The third-order valence-corrected chi connectivity index (χ3v) is 3.22. The molecule has 0 aliphatic heterocycles. The molecular formula is C13H15F10NO2. The number of alkyl halides is 10. The van der Waals surface area contributed by atoms with Crippen LogP contribution in [0.25, 0.3) is 0 Å². The maximum absolute atomic E-state index is 13.1. The molecule has 0 aliphatic rings. The molecule has 0 fully saturated rings. The van der Waals surface area contributed by atoms with E-state index in [2.05, 4.69) is 0 Å². The third kappa shape index (κ3) is 5.47. The Labute approximate surface area is 141 Å². The Kier molecular flexibility index (Phi) is 7.92. The van der Waals surface area contributed by atoms with Crippen LogP contribution < -0.4 is 0 Å². The molecule has 0 aliphatic carbocycles. The quantitative estimate of drug-likeness (QED) is 0.432. The molecule has 0 bridgehead atoms. The van der Waals surface area contributed by atoms with Crippen molar-refractivity contribution in [2.24, 2.45) is 0 Å². The molecule has 0 saturated carbocycles. The summed E-state index contributed by atoms with van der Waals surface area (Å²) in [6.45, 7) is 0.311. The van der Waals surface area contributed by atoms with Crippen LogP contribution >= 0.6 is 0 Å². The predicted molar refractivity (Wildman–Crippen MR) is 67.5 cm³/mol. The van der Waals surface area contributed by atoms with E-state index in [-0.39, 0.29) is 6.42 Å². The van der Waals surface area contributed by atoms with Gasteiger partial charge in [-0.1, -0.05) is 32.6 Å². The third-order valence-electron chi connectivity index (χ3n) is 3.22. The second kappa shape index (κ2) is 8.42. The molecule has 0 aromatic rings. The van der Waals surface area contributed by atoms with E-state index in [0.717, 1.165) is 0 Å². The van der Waals surface area contributed by atoms with Gasteiger partial charge in [-0.05, 0) is 6.42 Å². The molecule has 0 unspecified atom stereocenters. The van der Waals surface area contributed by atoms with E-state index in [4.69, 9.17) is 0 Å². The Balaban J connectivity index is 5.63. The molecule has 13 heteroatoms. The van der Waals surface area contributed by atoms with E-state index in [1.54, 1.807) is 6.92 Å². The van der Waals surface area contributed by atoms with Crippen molar-refractivity contribution in [1.82, 2.24) is 4.90 Å². The molecule has 26 heavy (non-hydrogen) atoms. The lowest BCUT2D eigenvalue weighted by atomic mass is 10.1. The first-order chi connectivity index (χ1) is 11.5. The number of hydrogen-bond donors (Lipinski definition) is 0. The SMILES string of the molecule is CCCCCCCN(C(=O)C(F)(F)C(F)(F)F)C(=O)C(F)(F)C(F)(F)F. The molecule has 0 saturated heterocycles. The summed E-state index contributed by atoms with van der Waals surface area (Å²) in [5, 5.41) is 0. The first-order valence-corrected chi connectivity index (χ1v) is 7.27. The summed E-state index contributed by atoms with van der Waals surface area (Å²) in [6.07, 6.45) is -12.1. The standard InChI is InChI=1S/C13H15F10NO2/c1-2-3-4-5-6-7-24(8(25)10(14,15)12(18,19)20)9(26)11(16,17)13(21,22)23/h2-7H2,1H3. The average Bonchev–Trinajstić information content (AvgIpc) is 2.47. The normalized spacial score (nSPS) is 13.7. The zero-order valence-corrected chi connectivity index (χ0v) is 13.3. The zero-order valence-electron chi connectivity index (χ0n) is 13.3. The van der Waals surface area contributed by atoms with Crippen LogP contribution in [-0.4, -0.2) is 47.5 Å². The van der Waals surface area contributed by atoms with Crippen LogP contribution in [0.1, 0.15) is 39.0 Å². The Morgan fingerprint density at radius 2 is 1.00 bits per heavy atom. The predicted octanol–water partition coefficient (Wildman–Crippen LogP) is 4.71. The van der Waals surface area contributed by atoms with Crippen LogP contribution in [-0.2, 0) is 9.59 Å². The molecule has 0 aromatic carbocycles. The first kappa shape index (κ1) is 24.4. The van der Waals surface area contributed by atoms with E-state index >= 15 is 0 Å². The number of imide groups is 1. The van der Waals surface area contributed by atoms with Crippen molar-refractivity contribution in [3.05, 3.63) is 0 Å². The second-order valence-electron chi connectivity index (χ2n) is 5.32. The van der Waals surface area contributed by atoms with Gasteiger partial charge < -0.3 is 0 Å². The number of carbonyl (C=O) groups excluding carboxylic acids is 2. The molecule has 0 N–H and O–H groups in total. The van der Waals surface area contributed by atoms with Crippen LogP contribution in [0.15, 0.2) is 0 Å². The number of carbonyl (C=O) groups is 2. The number of amides is 2. The van der Waals surface area contributed by atoms with Gasteiger partial charge in [-0.25, -0.2) is 0 Å². The Morgan fingerprint density at radius 3 is 1.31 bits per heavy atom. The molecule has 0 rings (SSSR count). The van der Waals surface area contributed by atoms with Gasteiger partial charge in [0, 0.05) is 6.54 Å². The van der Waals surface area contributed by atoms with Crippen molar-refractivity contribution in [3.8, 4) is 0 Å². The Bertz CT molecular complexity index is 460. The lowest BCUT2D eigenvalue weighted by Crippen LogP contribution is -2.60. The molecule has 0 atom stereocenters. The van der Waals surface area contributed by atoms with Crippen molar-refractivity contribution in [3.63, 3.8) is 0 Å². The average molecular weight is 407 g/mol. The topological polar surface area (TPSA) is 37.4 Å². The van der Waals surface area contributed by atoms with Gasteiger partial charge in [-0.15, -0.1) is 0 Å². The lowest BCUT2D eigenvalue weighted by Gasteiger charge is -2.29. The summed E-state index contributed by atoms with van der Waals surface area (Å²) in [6, 6.07) is 0. The summed E-state index contributed by atoms with van der Waals surface area (Å²) >= 11 is 0. The number of hydrogen-bond acceptors (Lipinski definition) is 2. The minimum absolute atomic E-state index is 0.0140. The lowest BCUT2D eigenvalue weighted by molar-refractivity contribution is -0.283. The van der Waals surface area contributed by atoms with Crippen LogP contribution in [0.2, 0.25) is 0 Å². The van der Waals surface area contributed by atoms with Crippen LogP contribution in [0.3, 0.4) is 0 Å². The molecular weight excluding hydrogens is 392 g/mol. The van der Waals surface area contributed by atoms with Crippen LogP contribution in [0.5, 0.6) is 0 Å². The largest absolute Gasteiger partial charge is 0.463 e. The van der Waals surface area contributed by atoms with E-state index in [9.17, 15) is 53.5 Å². The summed E-state index contributed by atoms with van der Waals surface area (Å²) in [5.41, 5.74) is 0. The van der Waals surface area contributed by atoms with Gasteiger partial charge in [0.15, 0.2) is 0 Å². The van der Waals surface area contributed by atoms with Gasteiger partial charge in [0.2, 0.25) is 0 Å². The number of rotatable bonds is 8. The summed E-state index contributed by atoms with van der Waals surface area (Å²) in [7, 11) is 0. The monoisotopic (exact) mass is 407 g/mol. The minimum Gasteiger partial charge on any atom is -0.271 e. The van der Waals surface area contributed by atoms with Crippen molar-refractivity contribution in [1.29, 1.82) is 0 Å². The van der Waals surface area contributed by atoms with Gasteiger partial charge in [-0.3, -0.25) is 14.5 Å². The zero-order chi connectivity index (χ0) is 21.0. The molecule has 0 aromatic heterocycles. The van der Waals surface area contributed by atoms with Gasteiger partial charge in [-0.2, -0.15) is 43.9 Å². The van der Waals surface area contributed by atoms with Gasteiger partial charge in [0.05, 0.1) is 0 Å². The maximum Gasteiger partial charge on any atom is 0.463 e. The van der Waals surface area contributed by atoms with Crippen molar-refractivity contribution >= 4 is 11.8 Å². The summed E-state index contributed by atoms with van der Waals surface area (Å²) in [5.74, 6) is -19.6. The minimum atomic E-state index is -6.57. The van der Waals surface area contributed by atoms with Crippen LogP contribution in [0, 0.1) is 0 Å². The van der Waals surface area contributed by atoms with E-state index in [1.165, 1.54) is 0 Å². The molecule has 0 heterocycles. The van der Waals surface area contributed by atoms with Crippen molar-refractivity contribution in [2.45, 2.75) is 63.2 Å². The smallest absolute Gasteiger partial charge is 0.271 e. The van der Waals surface area contributed by atoms with E-state index in [0.29, 0.717) is 19.3 Å². The van der Waals surface area contributed by atoms with Crippen LogP contribution in [0.4, 0.5) is 43.9 Å².